The molecule has 0 atom stereocenters. The van der Waals surface area contributed by atoms with Gasteiger partial charge in [-0.2, -0.15) is 5.10 Å². The second-order valence-electron chi connectivity index (χ2n) is 4.26. The summed E-state index contributed by atoms with van der Waals surface area (Å²) in [7, 11) is 0. The molecule has 0 radical (unpaired) electrons. The molecule has 3 rings (SSSR count). The number of benzene rings is 1. The van der Waals surface area contributed by atoms with Gasteiger partial charge in [-0.25, -0.2) is 5.43 Å². The van der Waals surface area contributed by atoms with E-state index in [0.29, 0.717) is 16.3 Å². The Hall–Kier alpha value is -2.40. The number of nitrogens with one attached hydrogen (secondary N) is 1. The summed E-state index contributed by atoms with van der Waals surface area (Å²) in [5.41, 5.74) is 3.96. The maximum absolute atomic E-state index is 11.8. The Balaban J connectivity index is 1.79. The lowest BCUT2D eigenvalue weighted by Gasteiger charge is -1.98. The van der Waals surface area contributed by atoms with Crippen LogP contribution < -0.4 is 5.43 Å². The molecule has 0 saturated carbocycles. The van der Waals surface area contributed by atoms with Crippen LogP contribution in [0.5, 0.6) is 0 Å². The van der Waals surface area contributed by atoms with Crippen molar-refractivity contribution < 1.29 is 9.21 Å². The van der Waals surface area contributed by atoms with E-state index < -0.39 is 0 Å². The Kier molecular flexibility index (Phi) is 3.35. The van der Waals surface area contributed by atoms with Gasteiger partial charge in [-0.05, 0) is 30.5 Å². The molecule has 2 aromatic heterocycles. The molecule has 0 aliphatic heterocycles. The highest BCUT2D eigenvalue weighted by atomic mass is 32.1. The smallest absolute Gasteiger partial charge is 0.281 e. The number of carbonyl (C=O) groups is 1. The topological polar surface area (TPSA) is 54.6 Å². The summed E-state index contributed by atoms with van der Waals surface area (Å²) in [6, 6.07) is 13.2. The molecule has 0 bridgehead atoms. The Morgan fingerprint density at radius 3 is 2.85 bits per heavy atom. The first-order valence-corrected chi connectivity index (χ1v) is 6.99. The van der Waals surface area contributed by atoms with Crippen molar-refractivity contribution in [2.24, 2.45) is 5.10 Å². The molecule has 4 nitrogen and oxygen atoms in total. The van der Waals surface area contributed by atoms with Gasteiger partial charge in [0, 0.05) is 5.39 Å². The highest BCUT2D eigenvalue weighted by Gasteiger charge is 2.08. The minimum atomic E-state index is -0.213. The van der Waals surface area contributed by atoms with Crippen LogP contribution in [0.4, 0.5) is 0 Å². The number of hydrogen-bond acceptors (Lipinski definition) is 4. The van der Waals surface area contributed by atoms with E-state index in [-0.39, 0.29) is 5.91 Å². The Bertz CT molecular complexity index is 739. The number of hydrogen-bond donors (Lipinski definition) is 1. The van der Waals surface area contributed by atoms with Gasteiger partial charge in [-0.1, -0.05) is 24.3 Å². The van der Waals surface area contributed by atoms with Crippen molar-refractivity contribution >= 4 is 33.9 Å². The van der Waals surface area contributed by atoms with E-state index in [1.54, 1.807) is 13.0 Å². The van der Waals surface area contributed by atoms with Crippen molar-refractivity contribution in [1.82, 2.24) is 5.43 Å². The fourth-order valence-electron chi connectivity index (χ4n) is 1.81. The Morgan fingerprint density at radius 1 is 1.25 bits per heavy atom. The van der Waals surface area contributed by atoms with Crippen molar-refractivity contribution in [1.29, 1.82) is 0 Å². The van der Waals surface area contributed by atoms with Crippen molar-refractivity contribution in [3.63, 3.8) is 0 Å². The highest BCUT2D eigenvalue weighted by Crippen LogP contribution is 2.19. The second kappa shape index (κ2) is 5.30. The standard InChI is InChI=1S/C15H12N2O2S/c1-10(16-17-15(18)14-7-4-8-20-14)13-9-11-5-2-3-6-12(11)19-13/h2-9H,1H3,(H,17,18). The van der Waals surface area contributed by atoms with E-state index in [0.717, 1.165) is 11.0 Å². The van der Waals surface area contributed by atoms with Gasteiger partial charge < -0.3 is 4.42 Å². The van der Waals surface area contributed by atoms with Crippen LogP contribution in [0, 0.1) is 0 Å². The SMILES string of the molecule is CC(=NNC(=O)c1cccs1)c1cc2ccccc2o1. The average Bonchev–Trinajstić information content (AvgIpc) is 3.12. The molecule has 1 aromatic carbocycles. The van der Waals surface area contributed by atoms with Crippen LogP contribution in [0.15, 0.2) is 57.4 Å². The maximum Gasteiger partial charge on any atom is 0.281 e. The van der Waals surface area contributed by atoms with Gasteiger partial charge in [-0.15, -0.1) is 11.3 Å². The predicted octanol–water partition coefficient (Wildman–Crippen LogP) is 3.65. The molecule has 100 valence electrons. The number of nitrogens with zero attached hydrogens (tertiary/aromatic N) is 1. The van der Waals surface area contributed by atoms with E-state index in [4.69, 9.17) is 4.42 Å². The molecule has 0 aliphatic carbocycles. The first kappa shape index (κ1) is 12.6. The third kappa shape index (κ3) is 2.48. The third-order valence-corrected chi connectivity index (χ3v) is 3.72. The first-order valence-electron chi connectivity index (χ1n) is 6.11. The van der Waals surface area contributed by atoms with Crippen molar-refractivity contribution in [3.8, 4) is 0 Å². The lowest BCUT2D eigenvalue weighted by molar-refractivity contribution is 0.0959. The highest BCUT2D eigenvalue weighted by molar-refractivity contribution is 7.12. The number of fused-ring (bicyclic) bond motifs is 1. The van der Waals surface area contributed by atoms with Crippen molar-refractivity contribution in [3.05, 3.63) is 58.5 Å². The summed E-state index contributed by atoms with van der Waals surface area (Å²) >= 11 is 1.38. The molecule has 0 fully saturated rings. The molecule has 0 spiro atoms. The Labute approximate surface area is 119 Å². The summed E-state index contributed by atoms with van der Waals surface area (Å²) < 4.78 is 5.67. The fourth-order valence-corrected chi connectivity index (χ4v) is 2.43. The molecular formula is C15H12N2O2S. The van der Waals surface area contributed by atoms with Crippen molar-refractivity contribution in [2.45, 2.75) is 6.92 Å². The lowest BCUT2D eigenvalue weighted by atomic mass is 10.2. The zero-order valence-electron chi connectivity index (χ0n) is 10.8. The molecule has 0 aliphatic rings. The Morgan fingerprint density at radius 2 is 2.10 bits per heavy atom. The number of amides is 1. The van der Waals surface area contributed by atoms with E-state index >= 15 is 0 Å². The predicted molar refractivity (Wildman–Crippen MR) is 80.2 cm³/mol. The lowest BCUT2D eigenvalue weighted by Crippen LogP contribution is -2.17. The molecule has 1 N–H and O–H groups in total. The minimum absolute atomic E-state index is 0.213. The maximum atomic E-state index is 11.8. The molecule has 2 heterocycles. The summed E-state index contributed by atoms with van der Waals surface area (Å²) in [5, 5.41) is 6.94. The van der Waals surface area contributed by atoms with E-state index in [2.05, 4.69) is 10.5 Å². The second-order valence-corrected chi connectivity index (χ2v) is 5.21. The molecule has 1 amide bonds. The van der Waals surface area contributed by atoms with Gasteiger partial charge >= 0.3 is 0 Å². The van der Waals surface area contributed by atoms with Crippen LogP contribution in [0.25, 0.3) is 11.0 Å². The van der Waals surface area contributed by atoms with Gasteiger partial charge in [0.15, 0.2) is 5.76 Å². The molecule has 20 heavy (non-hydrogen) atoms. The first-order chi connectivity index (χ1) is 9.74. The van der Waals surface area contributed by atoms with Crippen LogP contribution >= 0.6 is 11.3 Å². The third-order valence-electron chi connectivity index (χ3n) is 2.85. The zero-order valence-corrected chi connectivity index (χ0v) is 11.6. The minimum Gasteiger partial charge on any atom is -0.455 e. The van der Waals surface area contributed by atoms with E-state index in [9.17, 15) is 4.79 Å². The van der Waals surface area contributed by atoms with Gasteiger partial charge in [0.1, 0.15) is 11.3 Å². The van der Waals surface area contributed by atoms with Crippen LogP contribution in [-0.4, -0.2) is 11.6 Å². The van der Waals surface area contributed by atoms with Crippen LogP contribution in [-0.2, 0) is 0 Å². The van der Waals surface area contributed by atoms with E-state index in [1.807, 2.05) is 41.8 Å². The zero-order chi connectivity index (χ0) is 13.9. The number of furan rings is 1. The monoisotopic (exact) mass is 284 g/mol. The average molecular weight is 284 g/mol. The number of carbonyl (C=O) groups excluding carboxylic acids is 1. The largest absolute Gasteiger partial charge is 0.455 e. The normalized spacial score (nSPS) is 11.8. The number of rotatable bonds is 3. The summed E-state index contributed by atoms with van der Waals surface area (Å²) in [6.45, 7) is 1.80. The van der Waals surface area contributed by atoms with E-state index in [1.165, 1.54) is 11.3 Å². The molecule has 3 aromatic rings. The van der Waals surface area contributed by atoms with Gasteiger partial charge in [0.05, 0.1) is 4.88 Å². The fraction of sp³-hybridized carbons (Fsp3) is 0.0667. The van der Waals surface area contributed by atoms with Crippen molar-refractivity contribution in [2.75, 3.05) is 0 Å². The number of para-hydroxylation sites is 1. The van der Waals surface area contributed by atoms with Crippen LogP contribution in [0.1, 0.15) is 22.4 Å². The summed E-state index contributed by atoms with van der Waals surface area (Å²) in [4.78, 5) is 12.4. The number of hydrazone groups is 1. The quantitative estimate of drug-likeness (QED) is 0.589. The molecular weight excluding hydrogens is 272 g/mol. The van der Waals surface area contributed by atoms with Crippen LogP contribution in [0.3, 0.4) is 0 Å². The molecule has 0 unspecified atom stereocenters. The molecule has 0 saturated heterocycles. The van der Waals surface area contributed by atoms with Crippen LogP contribution in [0.2, 0.25) is 0 Å². The van der Waals surface area contributed by atoms with Gasteiger partial charge in [0.2, 0.25) is 0 Å². The molecule has 5 heteroatoms. The summed E-state index contributed by atoms with van der Waals surface area (Å²) in [5.74, 6) is 0.438. The van der Waals surface area contributed by atoms with Gasteiger partial charge in [-0.3, -0.25) is 4.79 Å². The summed E-state index contributed by atoms with van der Waals surface area (Å²) in [6.07, 6.45) is 0. The number of thiophene rings is 1. The van der Waals surface area contributed by atoms with Gasteiger partial charge in [0.25, 0.3) is 5.91 Å².